The van der Waals surface area contributed by atoms with Gasteiger partial charge in [-0.2, -0.15) is 0 Å². The molecule has 1 heterocycles. The summed E-state index contributed by atoms with van der Waals surface area (Å²) >= 11 is 0.910. The summed E-state index contributed by atoms with van der Waals surface area (Å²) in [6, 6.07) is 14.4. The third kappa shape index (κ3) is 3.60. The normalized spacial score (nSPS) is 11.6. The van der Waals surface area contributed by atoms with Crippen LogP contribution in [0.25, 0.3) is 17.2 Å². The summed E-state index contributed by atoms with van der Waals surface area (Å²) in [5.41, 5.74) is 1.93. The van der Waals surface area contributed by atoms with Crippen molar-refractivity contribution in [3.05, 3.63) is 59.0 Å². The van der Waals surface area contributed by atoms with Gasteiger partial charge in [0.05, 0.1) is 12.6 Å². The number of hydrogen-bond donors (Lipinski definition) is 0. The van der Waals surface area contributed by atoms with Crippen molar-refractivity contribution in [1.82, 2.24) is 4.98 Å². The van der Waals surface area contributed by atoms with Crippen LogP contribution in [0.3, 0.4) is 0 Å². The summed E-state index contributed by atoms with van der Waals surface area (Å²) < 4.78 is 11.1. The number of para-hydroxylation sites is 3. The Morgan fingerprint density at radius 3 is 2.75 bits per heavy atom. The van der Waals surface area contributed by atoms with E-state index in [1.165, 1.54) is 6.08 Å². The number of nitrogens with zero attached hydrogens (tertiary/aromatic N) is 1. The summed E-state index contributed by atoms with van der Waals surface area (Å²) in [5, 5.41) is 11.7. The Bertz CT molecular complexity index is 868. The molecule has 5 nitrogen and oxygen atoms in total. The zero-order valence-corrected chi connectivity index (χ0v) is 13.7. The number of oxazole rings is 1. The molecule has 1 aromatic heterocycles. The Kier molecular flexibility index (Phi) is 4.86. The van der Waals surface area contributed by atoms with Gasteiger partial charge in [0.2, 0.25) is 0 Å². The lowest BCUT2D eigenvalue weighted by atomic mass is 10.2. The summed E-state index contributed by atoms with van der Waals surface area (Å²) in [7, 11) is 0. The highest BCUT2D eigenvalue weighted by atomic mass is 32.2. The molecule has 0 bridgehead atoms. The highest BCUT2D eigenvalue weighted by Crippen LogP contribution is 2.31. The van der Waals surface area contributed by atoms with Crippen molar-refractivity contribution >= 4 is 34.9 Å². The molecule has 0 N–H and O–H groups in total. The van der Waals surface area contributed by atoms with Crippen molar-refractivity contribution in [1.29, 1.82) is 0 Å². The molecule has 0 aliphatic carbocycles. The van der Waals surface area contributed by atoms with E-state index in [2.05, 4.69) is 4.98 Å². The maximum atomic E-state index is 11.5. The van der Waals surface area contributed by atoms with Crippen LogP contribution < -0.4 is 9.84 Å². The Morgan fingerprint density at radius 1 is 1.25 bits per heavy atom. The number of aliphatic carboxylic acids is 1. The maximum absolute atomic E-state index is 11.5. The highest BCUT2D eigenvalue weighted by molar-refractivity contribution is 8.03. The fourth-order valence-corrected chi connectivity index (χ4v) is 2.88. The molecule has 2 aromatic carbocycles. The number of carboxylic acids is 1. The van der Waals surface area contributed by atoms with E-state index in [9.17, 15) is 9.90 Å². The first kappa shape index (κ1) is 16.1. The molecule has 0 atom stereocenters. The molecule has 24 heavy (non-hydrogen) atoms. The molecular formula is C18H14NO4S-. The van der Waals surface area contributed by atoms with E-state index in [0.717, 1.165) is 11.8 Å². The Balaban J connectivity index is 1.94. The van der Waals surface area contributed by atoms with Crippen LogP contribution in [0.2, 0.25) is 0 Å². The molecule has 0 aliphatic heterocycles. The quantitative estimate of drug-likeness (QED) is 0.507. The second-order valence-corrected chi connectivity index (χ2v) is 5.81. The lowest BCUT2D eigenvalue weighted by Gasteiger charge is -2.09. The van der Waals surface area contributed by atoms with Gasteiger partial charge >= 0.3 is 0 Å². The van der Waals surface area contributed by atoms with Crippen molar-refractivity contribution in [2.75, 3.05) is 6.61 Å². The van der Waals surface area contributed by atoms with Gasteiger partial charge in [-0.25, -0.2) is 4.98 Å². The monoisotopic (exact) mass is 340 g/mol. The lowest BCUT2D eigenvalue weighted by Crippen LogP contribution is -2.23. The van der Waals surface area contributed by atoms with Gasteiger partial charge in [0, 0.05) is 10.5 Å². The van der Waals surface area contributed by atoms with Crippen molar-refractivity contribution in [3.8, 4) is 5.75 Å². The summed E-state index contributed by atoms with van der Waals surface area (Å²) in [6.07, 6.45) is 1.50. The number of carbonyl (C=O) groups excluding carboxylic acids is 1. The first-order valence-electron chi connectivity index (χ1n) is 7.35. The topological polar surface area (TPSA) is 75.4 Å². The minimum Gasteiger partial charge on any atom is -0.544 e. The number of thioether (sulfide) groups is 1. The van der Waals surface area contributed by atoms with E-state index >= 15 is 0 Å². The molecule has 0 amide bonds. The van der Waals surface area contributed by atoms with Crippen LogP contribution in [0.4, 0.5) is 0 Å². The number of benzene rings is 2. The SMILES string of the molecule is CCOc1ccccc1/C=C(\Sc1nc2ccccc2o1)C(=O)[O-]. The molecule has 3 rings (SSSR count). The number of carbonyl (C=O) groups is 1. The highest BCUT2D eigenvalue weighted by Gasteiger charge is 2.11. The fraction of sp³-hybridized carbons (Fsp3) is 0.111. The summed E-state index contributed by atoms with van der Waals surface area (Å²) in [6.45, 7) is 2.36. The van der Waals surface area contributed by atoms with Gasteiger partial charge in [0.15, 0.2) is 5.58 Å². The largest absolute Gasteiger partial charge is 0.544 e. The maximum Gasteiger partial charge on any atom is 0.261 e. The van der Waals surface area contributed by atoms with E-state index in [1.54, 1.807) is 24.3 Å². The van der Waals surface area contributed by atoms with Gasteiger partial charge in [-0.1, -0.05) is 30.3 Å². The zero-order chi connectivity index (χ0) is 16.9. The van der Waals surface area contributed by atoms with Crippen LogP contribution in [0.15, 0.2) is 63.1 Å². The molecule has 6 heteroatoms. The lowest BCUT2D eigenvalue weighted by molar-refractivity contribution is -0.298. The van der Waals surface area contributed by atoms with Crippen LogP contribution in [-0.4, -0.2) is 17.6 Å². The first-order chi connectivity index (χ1) is 11.7. The Hall–Kier alpha value is -2.73. The van der Waals surface area contributed by atoms with Gasteiger partial charge in [-0.3, -0.25) is 0 Å². The third-order valence-corrected chi connectivity index (χ3v) is 4.03. The van der Waals surface area contributed by atoms with Gasteiger partial charge < -0.3 is 19.1 Å². The number of ether oxygens (including phenoxy) is 1. The molecule has 122 valence electrons. The van der Waals surface area contributed by atoms with E-state index < -0.39 is 5.97 Å². The molecule has 0 fully saturated rings. The van der Waals surface area contributed by atoms with Crippen molar-refractivity contribution in [3.63, 3.8) is 0 Å². The van der Waals surface area contributed by atoms with Crippen LogP contribution in [0.5, 0.6) is 5.75 Å². The number of rotatable bonds is 6. The fourth-order valence-electron chi connectivity index (χ4n) is 2.15. The van der Waals surface area contributed by atoms with E-state index in [1.807, 2.05) is 31.2 Å². The van der Waals surface area contributed by atoms with Gasteiger partial charge in [0.25, 0.3) is 5.22 Å². The number of hydrogen-bond acceptors (Lipinski definition) is 6. The zero-order valence-electron chi connectivity index (χ0n) is 12.9. The van der Waals surface area contributed by atoms with Gasteiger partial charge in [-0.15, -0.1) is 0 Å². The molecule has 0 spiro atoms. The minimum atomic E-state index is -1.30. The molecule has 0 unspecified atom stereocenters. The summed E-state index contributed by atoms with van der Waals surface area (Å²) in [4.78, 5) is 15.7. The summed E-state index contributed by atoms with van der Waals surface area (Å²) in [5.74, 6) is -0.689. The van der Waals surface area contributed by atoms with Gasteiger partial charge in [-0.05, 0) is 43.0 Å². The minimum absolute atomic E-state index is 0.00582. The number of aromatic nitrogens is 1. The first-order valence-corrected chi connectivity index (χ1v) is 8.17. The molecule has 0 saturated carbocycles. The molecule has 0 aliphatic rings. The van der Waals surface area contributed by atoms with Crippen molar-refractivity contribution < 1.29 is 19.1 Å². The van der Waals surface area contributed by atoms with Crippen LogP contribution in [0, 0.1) is 0 Å². The predicted molar refractivity (Wildman–Crippen MR) is 90.5 cm³/mol. The third-order valence-electron chi connectivity index (χ3n) is 3.18. The van der Waals surface area contributed by atoms with Crippen LogP contribution in [0.1, 0.15) is 12.5 Å². The second-order valence-electron chi connectivity index (χ2n) is 4.82. The number of fused-ring (bicyclic) bond motifs is 1. The predicted octanol–water partition coefficient (Wildman–Crippen LogP) is 3.11. The smallest absolute Gasteiger partial charge is 0.261 e. The van der Waals surface area contributed by atoms with E-state index in [4.69, 9.17) is 9.15 Å². The van der Waals surface area contributed by atoms with Crippen LogP contribution in [-0.2, 0) is 4.79 Å². The number of carboxylic acid groups (broad SMARTS) is 1. The van der Waals surface area contributed by atoms with Crippen molar-refractivity contribution in [2.45, 2.75) is 12.1 Å². The average Bonchev–Trinajstić information content (AvgIpc) is 2.98. The molecular weight excluding hydrogens is 326 g/mol. The van der Waals surface area contributed by atoms with Gasteiger partial charge in [0.1, 0.15) is 11.3 Å². The molecule has 3 aromatic rings. The average molecular weight is 340 g/mol. The molecule has 0 saturated heterocycles. The molecule has 0 radical (unpaired) electrons. The second kappa shape index (κ2) is 7.23. The van der Waals surface area contributed by atoms with Crippen molar-refractivity contribution in [2.24, 2.45) is 0 Å². The standard InChI is InChI=1S/C18H15NO4S/c1-2-22-14-9-5-3-7-12(14)11-16(17(20)21)24-18-19-13-8-4-6-10-15(13)23-18/h3-11H,2H2,1H3,(H,20,21)/p-1/b16-11-. The Labute approximate surface area is 143 Å². The van der Waals surface area contributed by atoms with E-state index in [0.29, 0.717) is 29.0 Å². The van der Waals surface area contributed by atoms with E-state index in [-0.39, 0.29) is 10.1 Å². The Morgan fingerprint density at radius 2 is 2.00 bits per heavy atom. The van der Waals surface area contributed by atoms with Crippen LogP contribution >= 0.6 is 11.8 Å².